The maximum atomic E-state index is 6.14. The minimum atomic E-state index is 0. The molecule has 0 saturated carbocycles. The molecule has 2 aromatic carbocycles. The van der Waals surface area contributed by atoms with Crippen LogP contribution in [0.25, 0.3) is 11.0 Å². The fourth-order valence-corrected chi connectivity index (χ4v) is 3.82. The van der Waals surface area contributed by atoms with E-state index in [9.17, 15) is 0 Å². The Morgan fingerprint density at radius 3 is 2.85 bits per heavy atom. The van der Waals surface area contributed by atoms with Gasteiger partial charge in [0.1, 0.15) is 5.82 Å². The molecule has 5 nitrogen and oxygen atoms in total. The Bertz CT molecular complexity index is 960. The average molecular weight is 475 g/mol. The number of fused-ring (bicyclic) bond motifs is 2. The average Bonchev–Trinajstić information content (AvgIpc) is 2.98. The summed E-state index contributed by atoms with van der Waals surface area (Å²) < 4.78 is 2.19. The third kappa shape index (κ3) is 4.26. The van der Waals surface area contributed by atoms with Crippen LogP contribution in [0.1, 0.15) is 29.8 Å². The zero-order chi connectivity index (χ0) is 17.9. The van der Waals surface area contributed by atoms with Crippen molar-refractivity contribution in [2.75, 3.05) is 11.9 Å². The summed E-state index contributed by atoms with van der Waals surface area (Å²) in [5.74, 6) is 1.48. The van der Waals surface area contributed by atoms with Crippen LogP contribution >= 0.6 is 24.0 Å². The number of para-hydroxylation sites is 2. The molecule has 3 aromatic rings. The lowest BCUT2D eigenvalue weighted by molar-refractivity contribution is 0.687. The summed E-state index contributed by atoms with van der Waals surface area (Å²) in [4.78, 5) is 9.12. The van der Waals surface area contributed by atoms with Gasteiger partial charge in [0, 0.05) is 12.2 Å². The van der Waals surface area contributed by atoms with Crippen molar-refractivity contribution in [2.24, 2.45) is 10.7 Å². The molecule has 1 aromatic heterocycles. The molecule has 27 heavy (non-hydrogen) atoms. The molecule has 0 aliphatic heterocycles. The normalized spacial score (nSPS) is 13.9. The molecule has 1 aliphatic rings. The molecular weight excluding hydrogens is 449 g/mol. The predicted octanol–water partition coefficient (Wildman–Crippen LogP) is 4.27. The molecule has 0 atom stereocenters. The number of hydrogen-bond acceptors (Lipinski definition) is 2. The molecule has 6 heteroatoms. The zero-order valence-electron chi connectivity index (χ0n) is 15.6. The van der Waals surface area contributed by atoms with Crippen LogP contribution in [-0.2, 0) is 19.4 Å². The summed E-state index contributed by atoms with van der Waals surface area (Å²) >= 11 is 0. The highest BCUT2D eigenvalue weighted by atomic mass is 127. The Morgan fingerprint density at radius 1 is 1.15 bits per heavy atom. The molecular formula is C21H26IN5. The molecule has 4 rings (SSSR count). The fourth-order valence-electron chi connectivity index (χ4n) is 3.82. The molecule has 0 spiro atoms. The van der Waals surface area contributed by atoms with Gasteiger partial charge in [-0.05, 0) is 61.9 Å². The monoisotopic (exact) mass is 475 g/mol. The van der Waals surface area contributed by atoms with Crippen LogP contribution in [0.4, 0.5) is 5.69 Å². The van der Waals surface area contributed by atoms with Crippen LogP contribution in [-0.4, -0.2) is 22.1 Å². The van der Waals surface area contributed by atoms with E-state index in [2.05, 4.69) is 44.1 Å². The van der Waals surface area contributed by atoms with Gasteiger partial charge in [-0.25, -0.2) is 4.98 Å². The standard InChI is InChI=1S/C21H25N5.HI/c1-15-24-19-10-4-5-12-20(19)26(15)14-13-23-21(22)25-18-11-6-8-16-7-2-3-9-17(16)18;/h4-6,8,10-12H,2-3,7,9,13-14H2,1H3,(H3,22,23,25);1H. The van der Waals surface area contributed by atoms with Crippen LogP contribution in [0.3, 0.4) is 0 Å². The second-order valence-corrected chi connectivity index (χ2v) is 6.84. The van der Waals surface area contributed by atoms with Crippen molar-refractivity contribution in [2.45, 2.75) is 39.2 Å². The lowest BCUT2D eigenvalue weighted by Gasteiger charge is -2.19. The number of guanidine groups is 1. The molecule has 3 N–H and O–H groups in total. The number of nitrogens with one attached hydrogen (secondary N) is 1. The number of nitrogens with zero attached hydrogens (tertiary/aromatic N) is 3. The summed E-state index contributed by atoms with van der Waals surface area (Å²) in [7, 11) is 0. The minimum absolute atomic E-state index is 0. The quantitative estimate of drug-likeness (QED) is 0.337. The Kier molecular flexibility index (Phi) is 6.36. The van der Waals surface area contributed by atoms with Crippen molar-refractivity contribution in [3.63, 3.8) is 0 Å². The third-order valence-corrected chi connectivity index (χ3v) is 5.11. The first kappa shape index (κ1) is 19.7. The molecule has 0 bridgehead atoms. The van der Waals surface area contributed by atoms with Crippen molar-refractivity contribution < 1.29 is 0 Å². The number of nitrogens with two attached hydrogens (primary N) is 1. The van der Waals surface area contributed by atoms with Gasteiger partial charge in [-0.3, -0.25) is 4.99 Å². The number of anilines is 1. The van der Waals surface area contributed by atoms with Gasteiger partial charge in [0.15, 0.2) is 5.96 Å². The van der Waals surface area contributed by atoms with E-state index in [1.54, 1.807) is 0 Å². The van der Waals surface area contributed by atoms with E-state index < -0.39 is 0 Å². The van der Waals surface area contributed by atoms with Crippen molar-refractivity contribution in [1.82, 2.24) is 9.55 Å². The van der Waals surface area contributed by atoms with E-state index in [-0.39, 0.29) is 24.0 Å². The molecule has 0 saturated heterocycles. The fraction of sp³-hybridized carbons (Fsp3) is 0.333. The summed E-state index contributed by atoms with van der Waals surface area (Å²) in [6.45, 7) is 3.41. The number of rotatable bonds is 4. The van der Waals surface area contributed by atoms with Crippen LogP contribution in [0, 0.1) is 6.92 Å². The molecule has 0 unspecified atom stereocenters. The van der Waals surface area contributed by atoms with E-state index in [0.717, 1.165) is 41.9 Å². The van der Waals surface area contributed by atoms with Crippen LogP contribution < -0.4 is 11.1 Å². The Morgan fingerprint density at radius 2 is 1.96 bits per heavy atom. The van der Waals surface area contributed by atoms with Crippen molar-refractivity contribution >= 4 is 46.7 Å². The number of hydrogen-bond donors (Lipinski definition) is 2. The molecule has 142 valence electrons. The Hall–Kier alpha value is -2.09. The predicted molar refractivity (Wildman–Crippen MR) is 123 cm³/mol. The van der Waals surface area contributed by atoms with E-state index in [1.807, 2.05) is 25.1 Å². The van der Waals surface area contributed by atoms with Gasteiger partial charge in [-0.1, -0.05) is 24.3 Å². The third-order valence-electron chi connectivity index (χ3n) is 5.11. The van der Waals surface area contributed by atoms with E-state index in [4.69, 9.17) is 5.73 Å². The van der Waals surface area contributed by atoms with Gasteiger partial charge in [0.05, 0.1) is 17.6 Å². The lowest BCUT2D eigenvalue weighted by Crippen LogP contribution is -2.24. The van der Waals surface area contributed by atoms with Crippen LogP contribution in [0.5, 0.6) is 0 Å². The largest absolute Gasteiger partial charge is 0.370 e. The van der Waals surface area contributed by atoms with Crippen LogP contribution in [0.15, 0.2) is 47.5 Å². The van der Waals surface area contributed by atoms with E-state index in [0.29, 0.717) is 12.5 Å². The van der Waals surface area contributed by atoms with Crippen molar-refractivity contribution in [3.05, 3.63) is 59.4 Å². The van der Waals surface area contributed by atoms with Crippen molar-refractivity contribution in [1.29, 1.82) is 0 Å². The number of aryl methyl sites for hydroxylation is 2. The maximum absolute atomic E-state index is 6.14. The van der Waals surface area contributed by atoms with E-state index in [1.165, 1.54) is 24.0 Å². The smallest absolute Gasteiger partial charge is 0.193 e. The first-order chi connectivity index (χ1) is 12.7. The van der Waals surface area contributed by atoms with Crippen LogP contribution in [0.2, 0.25) is 0 Å². The summed E-state index contributed by atoms with van der Waals surface area (Å²) in [6.07, 6.45) is 4.80. The summed E-state index contributed by atoms with van der Waals surface area (Å²) in [6, 6.07) is 14.6. The Labute approximate surface area is 177 Å². The second kappa shape index (κ2) is 8.73. The number of aliphatic imine (C=N–C) groups is 1. The van der Waals surface area contributed by atoms with Gasteiger partial charge in [-0.15, -0.1) is 24.0 Å². The topological polar surface area (TPSA) is 68.2 Å². The molecule has 0 amide bonds. The highest BCUT2D eigenvalue weighted by Crippen LogP contribution is 2.27. The summed E-state index contributed by atoms with van der Waals surface area (Å²) in [5, 5.41) is 3.30. The number of halogens is 1. The molecule has 0 fully saturated rings. The second-order valence-electron chi connectivity index (χ2n) is 6.84. The highest BCUT2D eigenvalue weighted by molar-refractivity contribution is 14.0. The Balaban J connectivity index is 0.00000210. The number of imidazole rings is 1. The highest BCUT2D eigenvalue weighted by Gasteiger charge is 2.13. The van der Waals surface area contributed by atoms with Gasteiger partial charge in [-0.2, -0.15) is 0 Å². The number of benzene rings is 2. The summed E-state index contributed by atoms with van der Waals surface area (Å²) in [5.41, 5.74) is 12.2. The van der Waals surface area contributed by atoms with Gasteiger partial charge in [0.25, 0.3) is 0 Å². The first-order valence-electron chi connectivity index (χ1n) is 9.32. The number of aromatic nitrogens is 2. The van der Waals surface area contributed by atoms with E-state index >= 15 is 0 Å². The maximum Gasteiger partial charge on any atom is 0.193 e. The first-order valence-corrected chi connectivity index (χ1v) is 9.32. The van der Waals surface area contributed by atoms with Gasteiger partial charge >= 0.3 is 0 Å². The minimum Gasteiger partial charge on any atom is -0.370 e. The molecule has 1 heterocycles. The SMILES string of the molecule is Cc1nc2ccccc2n1CCN=C(N)Nc1cccc2c1CCCC2.I. The zero-order valence-corrected chi connectivity index (χ0v) is 17.9. The lowest BCUT2D eigenvalue weighted by atomic mass is 9.90. The van der Waals surface area contributed by atoms with Crippen molar-refractivity contribution in [3.8, 4) is 0 Å². The van der Waals surface area contributed by atoms with Gasteiger partial charge in [0.2, 0.25) is 0 Å². The molecule has 0 radical (unpaired) electrons. The molecule has 1 aliphatic carbocycles. The van der Waals surface area contributed by atoms with Gasteiger partial charge < -0.3 is 15.6 Å².